The summed E-state index contributed by atoms with van der Waals surface area (Å²) in [7, 11) is -8.15. The Morgan fingerprint density at radius 3 is 0.976 bits per heavy atom. The zero-order valence-corrected chi connectivity index (χ0v) is 22.4. The van der Waals surface area contributed by atoms with Crippen LogP contribution in [0.25, 0.3) is 0 Å². The Kier molecular flexibility index (Phi) is 12.6. The number of nitrogens with zero attached hydrogens (tertiary/aromatic N) is 1. The first kappa shape index (κ1) is 41.8. The van der Waals surface area contributed by atoms with Crippen molar-refractivity contribution in [1.29, 1.82) is 0 Å². The normalized spacial score (nSPS) is 16.3. The number of alkyl halides is 17. The monoisotopic (exact) mass is 671 g/mol. The summed E-state index contributed by atoms with van der Waals surface area (Å²) < 4.78 is 255. The molecular formula is C19H26F17NO3S. The lowest BCUT2D eigenvalue weighted by Gasteiger charge is -2.44. The highest BCUT2D eigenvalue weighted by molar-refractivity contribution is 7.86. The second kappa shape index (κ2) is 12.4. The van der Waals surface area contributed by atoms with Crippen molar-refractivity contribution < 1.29 is 92.1 Å². The summed E-state index contributed by atoms with van der Waals surface area (Å²) >= 11 is 0. The van der Waals surface area contributed by atoms with Crippen LogP contribution in [-0.2, 0) is 10.1 Å². The quantitative estimate of drug-likeness (QED) is 0.112. The third kappa shape index (κ3) is 6.33. The molecule has 0 aliphatic heterocycles. The summed E-state index contributed by atoms with van der Waals surface area (Å²) in [6.07, 6.45) is -6.44. The summed E-state index contributed by atoms with van der Waals surface area (Å²) in [5.74, 6) is -58.7. The van der Waals surface area contributed by atoms with E-state index in [4.69, 9.17) is 0 Å². The summed E-state index contributed by atoms with van der Waals surface area (Å²) in [5.41, 5.74) is 0. The molecule has 0 aromatic carbocycles. The third-order valence-electron chi connectivity index (χ3n) is 6.50. The average Bonchev–Trinajstić information content (AvgIpc) is 2.84. The van der Waals surface area contributed by atoms with Crippen molar-refractivity contribution >= 4 is 10.1 Å². The van der Waals surface area contributed by atoms with E-state index < -0.39 is 69.4 Å². The summed E-state index contributed by atoms with van der Waals surface area (Å²) in [6, 6.07) is 0. The molecule has 1 atom stereocenters. The predicted molar refractivity (Wildman–Crippen MR) is 107 cm³/mol. The largest absolute Gasteiger partial charge is 0.743 e. The van der Waals surface area contributed by atoms with E-state index in [9.17, 15) is 87.6 Å². The van der Waals surface area contributed by atoms with Crippen molar-refractivity contribution in [3.8, 4) is 0 Å². The first-order chi connectivity index (χ1) is 17.7. The van der Waals surface area contributed by atoms with Gasteiger partial charge >= 0.3 is 46.7 Å². The maximum Gasteiger partial charge on any atom is 0.402 e. The number of quaternary nitrogens is 1. The molecule has 0 aromatic rings. The second-order valence-corrected chi connectivity index (χ2v) is 9.94. The Labute approximate surface area is 223 Å². The summed E-state index contributed by atoms with van der Waals surface area (Å²) in [4.78, 5) is 0. The fourth-order valence-corrected chi connectivity index (χ4v) is 3.57. The molecule has 0 radical (unpaired) electrons. The Bertz CT molecular complexity index is 948. The van der Waals surface area contributed by atoms with Crippen LogP contribution in [0.5, 0.6) is 0 Å². The van der Waals surface area contributed by atoms with E-state index in [2.05, 4.69) is 27.7 Å². The van der Waals surface area contributed by atoms with Gasteiger partial charge in [-0.05, 0) is 34.1 Å². The van der Waals surface area contributed by atoms with Gasteiger partial charge in [0.1, 0.15) is 0 Å². The van der Waals surface area contributed by atoms with Gasteiger partial charge in [-0.1, -0.05) is 6.92 Å². The van der Waals surface area contributed by atoms with Crippen molar-refractivity contribution in [3.05, 3.63) is 0 Å². The summed E-state index contributed by atoms with van der Waals surface area (Å²) in [6.45, 7) is 14.4. The van der Waals surface area contributed by atoms with Crippen LogP contribution in [0.3, 0.4) is 0 Å². The van der Waals surface area contributed by atoms with Gasteiger partial charge in [0.2, 0.25) is 0 Å². The summed E-state index contributed by atoms with van der Waals surface area (Å²) in [5, 5.41) is -7.95. The van der Waals surface area contributed by atoms with Gasteiger partial charge in [0.25, 0.3) is 0 Å². The highest BCUT2D eigenvalue weighted by Gasteiger charge is 2.95. The van der Waals surface area contributed by atoms with Gasteiger partial charge in [-0.3, -0.25) is 0 Å². The SMILES string of the molecule is CCC(F)C(F)(F)C(F)(F)C(F)(F)C(F)(F)C(F)(F)C(F)(F)C(F)(F)C(F)(F)S(=O)(=O)[O-].CC[N+](CC)(CC)CC. The van der Waals surface area contributed by atoms with Crippen molar-refractivity contribution in [2.24, 2.45) is 0 Å². The number of hydrogen-bond donors (Lipinski definition) is 0. The lowest BCUT2D eigenvalue weighted by Crippen LogP contribution is -2.75. The van der Waals surface area contributed by atoms with Gasteiger partial charge in [-0.2, -0.15) is 70.2 Å². The molecule has 22 heteroatoms. The molecule has 0 aliphatic carbocycles. The van der Waals surface area contributed by atoms with E-state index in [1.165, 1.54) is 30.7 Å². The first-order valence-corrected chi connectivity index (χ1v) is 12.6. The topological polar surface area (TPSA) is 57.2 Å². The molecule has 0 aliphatic rings. The molecule has 1 unspecified atom stereocenters. The zero-order chi connectivity index (χ0) is 34.1. The number of halogens is 17. The standard InChI is InChI=1S/C11H7F17O3S.C8H20N/c1-2-3(12)4(13,14)5(15,16)6(17,18)7(19,20)8(21,22)9(23,24)10(25,26)11(27,28)32(29,30)31;1-5-9(6-2,7-3)8-4/h3H,2H2,1H3,(H,29,30,31);5-8H2,1-4H3/q;+1/p-1. The molecule has 0 aromatic heterocycles. The average molecular weight is 671 g/mol. The van der Waals surface area contributed by atoms with E-state index in [1.54, 1.807) is 0 Å². The first-order valence-electron chi connectivity index (χ1n) is 11.2. The van der Waals surface area contributed by atoms with Crippen molar-refractivity contribution in [1.82, 2.24) is 0 Å². The predicted octanol–water partition coefficient (Wildman–Crippen LogP) is 7.20. The molecular weight excluding hydrogens is 645 g/mol. The van der Waals surface area contributed by atoms with Crippen LogP contribution in [0.4, 0.5) is 74.6 Å². The van der Waals surface area contributed by atoms with Crippen molar-refractivity contribution in [2.75, 3.05) is 26.2 Å². The Morgan fingerprint density at radius 1 is 0.537 bits per heavy atom. The Balaban J connectivity index is 0. The minimum Gasteiger partial charge on any atom is -0.743 e. The van der Waals surface area contributed by atoms with Gasteiger partial charge in [-0.25, -0.2) is 12.8 Å². The molecule has 0 spiro atoms. The van der Waals surface area contributed by atoms with Crippen molar-refractivity contribution in [3.63, 3.8) is 0 Å². The van der Waals surface area contributed by atoms with E-state index in [0.717, 1.165) is 0 Å². The molecule has 0 saturated carbocycles. The van der Waals surface area contributed by atoms with Crippen LogP contribution in [0.1, 0.15) is 41.0 Å². The Hall–Kier alpha value is -1.32. The minimum absolute atomic E-state index is 0.194. The third-order valence-corrected chi connectivity index (χ3v) is 7.39. The van der Waals surface area contributed by atoms with Crippen LogP contribution in [-0.4, -0.2) is 96.5 Å². The van der Waals surface area contributed by atoms with Gasteiger partial charge in [0, 0.05) is 0 Å². The van der Waals surface area contributed by atoms with E-state index in [1.807, 2.05) is 0 Å². The number of rotatable bonds is 14. The molecule has 4 nitrogen and oxygen atoms in total. The number of hydrogen-bond acceptors (Lipinski definition) is 3. The van der Waals surface area contributed by atoms with E-state index in [0.29, 0.717) is 0 Å². The molecule has 0 heterocycles. The zero-order valence-electron chi connectivity index (χ0n) is 21.6. The van der Waals surface area contributed by atoms with E-state index >= 15 is 0 Å². The molecule has 0 amide bonds. The van der Waals surface area contributed by atoms with Crippen molar-refractivity contribution in [2.45, 2.75) is 93.9 Å². The van der Waals surface area contributed by atoms with Crippen LogP contribution in [0.15, 0.2) is 0 Å². The molecule has 0 bridgehead atoms. The van der Waals surface area contributed by atoms with Crippen LogP contribution in [0, 0.1) is 0 Å². The molecule has 0 fully saturated rings. The highest BCUT2D eigenvalue weighted by Crippen LogP contribution is 2.64. The van der Waals surface area contributed by atoms with Crippen LogP contribution >= 0.6 is 0 Å². The second-order valence-electron chi connectivity index (χ2n) is 8.52. The maximum absolute atomic E-state index is 13.4. The van der Waals surface area contributed by atoms with Gasteiger partial charge in [0.05, 0.1) is 26.2 Å². The van der Waals surface area contributed by atoms with Gasteiger partial charge < -0.3 is 9.04 Å². The molecule has 0 rings (SSSR count). The van der Waals surface area contributed by atoms with Gasteiger partial charge in [0.15, 0.2) is 16.3 Å². The van der Waals surface area contributed by atoms with Gasteiger partial charge in [-0.15, -0.1) is 0 Å². The Morgan fingerprint density at radius 2 is 0.780 bits per heavy atom. The molecule has 0 N–H and O–H groups in total. The highest BCUT2D eigenvalue weighted by atomic mass is 32.2. The smallest absolute Gasteiger partial charge is 0.402 e. The van der Waals surface area contributed by atoms with Crippen LogP contribution < -0.4 is 0 Å². The minimum atomic E-state index is -8.89. The molecule has 0 saturated heterocycles. The molecule has 41 heavy (non-hydrogen) atoms. The lowest BCUT2D eigenvalue weighted by molar-refractivity contribution is -0.921. The fraction of sp³-hybridized carbons (Fsp3) is 1.00. The fourth-order valence-electron chi connectivity index (χ4n) is 3.13. The van der Waals surface area contributed by atoms with Crippen LogP contribution in [0.2, 0.25) is 0 Å². The maximum atomic E-state index is 13.4. The molecule has 250 valence electrons. The lowest BCUT2D eigenvalue weighted by atomic mass is 9.88. The van der Waals surface area contributed by atoms with E-state index in [-0.39, 0.29) is 6.92 Å².